The summed E-state index contributed by atoms with van der Waals surface area (Å²) in [6.07, 6.45) is 1.61. The number of benzene rings is 3. The van der Waals surface area contributed by atoms with Gasteiger partial charge in [0.25, 0.3) is 5.56 Å². The van der Waals surface area contributed by atoms with Crippen LogP contribution in [0.2, 0.25) is 0 Å². The summed E-state index contributed by atoms with van der Waals surface area (Å²) in [7, 11) is 1.61. The van der Waals surface area contributed by atoms with Gasteiger partial charge in [-0.25, -0.2) is 13.2 Å². The summed E-state index contributed by atoms with van der Waals surface area (Å²) in [5.41, 5.74) is 2.40. The molecule has 0 amide bonds. The average molecular weight is 480 g/mol. The van der Waals surface area contributed by atoms with Gasteiger partial charge < -0.3 is 19.4 Å². The third kappa shape index (κ3) is 5.66. The highest BCUT2D eigenvalue weighted by Gasteiger charge is 2.17. The maximum atomic E-state index is 14.3. The first kappa shape index (κ1) is 23.9. The molecule has 0 saturated heterocycles. The van der Waals surface area contributed by atoms with Crippen LogP contribution < -0.4 is 20.3 Å². The van der Waals surface area contributed by atoms with Crippen molar-refractivity contribution in [2.75, 3.05) is 11.9 Å². The predicted octanol–water partition coefficient (Wildman–Crippen LogP) is 6.27. The molecule has 1 aromatic heterocycles. The van der Waals surface area contributed by atoms with Crippen LogP contribution in [0.4, 0.5) is 18.9 Å². The summed E-state index contributed by atoms with van der Waals surface area (Å²) in [6, 6.07) is 15.7. The minimum Gasteiger partial charge on any atom is -0.493 e. The lowest BCUT2D eigenvalue weighted by molar-refractivity contribution is 0.340. The molecule has 4 rings (SSSR count). The van der Waals surface area contributed by atoms with Crippen LogP contribution in [0.1, 0.15) is 12.5 Å². The van der Waals surface area contributed by atoms with Gasteiger partial charge in [-0.15, -0.1) is 0 Å². The van der Waals surface area contributed by atoms with Gasteiger partial charge in [-0.1, -0.05) is 12.1 Å². The first-order valence-electron chi connectivity index (χ1n) is 10.9. The van der Waals surface area contributed by atoms with E-state index in [0.717, 1.165) is 17.7 Å². The highest BCUT2D eigenvalue weighted by molar-refractivity contribution is 5.78. The van der Waals surface area contributed by atoms with Gasteiger partial charge in [-0.05, 0) is 55.0 Å². The smallest absolute Gasteiger partial charge is 0.254 e. The number of anilines is 1. The van der Waals surface area contributed by atoms with Crippen molar-refractivity contribution in [3.05, 3.63) is 106 Å². The van der Waals surface area contributed by atoms with E-state index in [0.29, 0.717) is 35.7 Å². The SMILES string of the molecule is CCOc1cc(=O)n(C)cc1-c1cc(NCc2ccc(F)cc2)ccc1Oc1ccc(F)cc1F. The molecular weight excluding hydrogens is 457 g/mol. The number of hydrogen-bond donors (Lipinski definition) is 1. The third-order valence-corrected chi connectivity index (χ3v) is 5.28. The summed E-state index contributed by atoms with van der Waals surface area (Å²) in [5.74, 6) is -1.41. The molecular formula is C27H23F3N2O3. The van der Waals surface area contributed by atoms with Crippen LogP contribution in [0.25, 0.3) is 11.1 Å². The number of halogens is 3. The van der Waals surface area contributed by atoms with E-state index in [2.05, 4.69) is 5.32 Å². The number of ether oxygens (including phenoxy) is 2. The lowest BCUT2D eigenvalue weighted by Gasteiger charge is -2.17. The number of aromatic nitrogens is 1. The topological polar surface area (TPSA) is 52.5 Å². The lowest BCUT2D eigenvalue weighted by Crippen LogP contribution is -2.16. The molecule has 0 bridgehead atoms. The fourth-order valence-electron chi connectivity index (χ4n) is 3.51. The molecule has 4 aromatic rings. The molecule has 0 fully saturated rings. The Labute approximate surface area is 200 Å². The summed E-state index contributed by atoms with van der Waals surface area (Å²) in [4.78, 5) is 12.2. The van der Waals surface area contributed by atoms with Crippen molar-refractivity contribution in [3.8, 4) is 28.4 Å². The van der Waals surface area contributed by atoms with Crippen LogP contribution in [0.3, 0.4) is 0 Å². The Morgan fingerprint density at radius 2 is 1.54 bits per heavy atom. The molecule has 1 N–H and O–H groups in total. The van der Waals surface area contributed by atoms with Crippen molar-refractivity contribution in [2.45, 2.75) is 13.5 Å². The van der Waals surface area contributed by atoms with Crippen LogP contribution in [0, 0.1) is 17.5 Å². The number of rotatable bonds is 8. The molecule has 0 aliphatic heterocycles. The van der Waals surface area contributed by atoms with E-state index in [-0.39, 0.29) is 22.9 Å². The molecule has 0 atom stereocenters. The maximum absolute atomic E-state index is 14.3. The Bertz CT molecular complexity index is 1400. The molecule has 5 nitrogen and oxygen atoms in total. The van der Waals surface area contributed by atoms with Gasteiger partial charge in [0, 0.05) is 48.7 Å². The zero-order chi connectivity index (χ0) is 24.9. The zero-order valence-electron chi connectivity index (χ0n) is 19.1. The highest BCUT2D eigenvalue weighted by Crippen LogP contribution is 2.40. The van der Waals surface area contributed by atoms with Gasteiger partial charge >= 0.3 is 0 Å². The Hall–Kier alpha value is -4.20. The molecule has 0 aliphatic carbocycles. The Morgan fingerprint density at radius 3 is 2.26 bits per heavy atom. The summed E-state index contributed by atoms with van der Waals surface area (Å²) >= 11 is 0. The first-order chi connectivity index (χ1) is 16.8. The van der Waals surface area contributed by atoms with Gasteiger partial charge in [0.1, 0.15) is 23.1 Å². The van der Waals surface area contributed by atoms with E-state index < -0.39 is 11.6 Å². The standard InChI is InChI=1S/C27H23F3N2O3/c1-3-34-26-14-27(33)32(2)16-22(26)21-13-20(31-15-17-4-6-18(28)7-5-17)9-11-24(21)35-25-10-8-19(29)12-23(25)30/h4-14,16,31H,3,15H2,1-2H3. The second kappa shape index (κ2) is 10.4. The monoisotopic (exact) mass is 480 g/mol. The van der Waals surface area contributed by atoms with Crippen molar-refractivity contribution >= 4 is 5.69 Å². The Morgan fingerprint density at radius 1 is 0.829 bits per heavy atom. The van der Waals surface area contributed by atoms with E-state index in [4.69, 9.17) is 9.47 Å². The number of nitrogens with zero attached hydrogens (tertiary/aromatic N) is 1. The van der Waals surface area contributed by atoms with Crippen LogP contribution in [-0.2, 0) is 13.6 Å². The van der Waals surface area contributed by atoms with E-state index in [1.54, 1.807) is 50.5 Å². The van der Waals surface area contributed by atoms with Gasteiger partial charge in [0.2, 0.25) is 0 Å². The van der Waals surface area contributed by atoms with Crippen molar-refractivity contribution in [1.29, 1.82) is 0 Å². The normalized spacial score (nSPS) is 10.8. The van der Waals surface area contributed by atoms with Gasteiger partial charge in [-0.2, -0.15) is 0 Å². The molecule has 0 saturated carbocycles. The van der Waals surface area contributed by atoms with Crippen molar-refractivity contribution in [1.82, 2.24) is 4.57 Å². The molecule has 0 radical (unpaired) electrons. The van der Waals surface area contributed by atoms with Crippen molar-refractivity contribution in [2.24, 2.45) is 7.05 Å². The second-order valence-corrected chi connectivity index (χ2v) is 7.80. The molecule has 0 spiro atoms. The molecule has 180 valence electrons. The Kier molecular flexibility index (Phi) is 7.10. The third-order valence-electron chi connectivity index (χ3n) is 5.28. The average Bonchev–Trinajstić information content (AvgIpc) is 2.83. The number of pyridine rings is 1. The lowest BCUT2D eigenvalue weighted by atomic mass is 10.0. The van der Waals surface area contributed by atoms with Gasteiger partial charge in [0.15, 0.2) is 11.6 Å². The molecule has 1 heterocycles. The molecule has 0 aliphatic rings. The van der Waals surface area contributed by atoms with E-state index in [1.165, 1.54) is 28.8 Å². The predicted molar refractivity (Wildman–Crippen MR) is 128 cm³/mol. The number of nitrogens with one attached hydrogen (secondary N) is 1. The van der Waals surface area contributed by atoms with Crippen molar-refractivity contribution in [3.63, 3.8) is 0 Å². The molecule has 0 unspecified atom stereocenters. The highest BCUT2D eigenvalue weighted by atomic mass is 19.1. The largest absolute Gasteiger partial charge is 0.493 e. The van der Waals surface area contributed by atoms with Crippen LogP contribution >= 0.6 is 0 Å². The zero-order valence-corrected chi connectivity index (χ0v) is 19.1. The molecule has 8 heteroatoms. The van der Waals surface area contributed by atoms with Crippen LogP contribution in [0.15, 0.2) is 77.7 Å². The van der Waals surface area contributed by atoms with Gasteiger partial charge in [0.05, 0.1) is 6.61 Å². The van der Waals surface area contributed by atoms with Crippen LogP contribution in [-0.4, -0.2) is 11.2 Å². The van der Waals surface area contributed by atoms with E-state index in [9.17, 15) is 18.0 Å². The summed E-state index contributed by atoms with van der Waals surface area (Å²) in [6.45, 7) is 2.55. The van der Waals surface area contributed by atoms with Gasteiger partial charge in [-0.3, -0.25) is 4.79 Å². The Balaban J connectivity index is 1.77. The van der Waals surface area contributed by atoms with E-state index in [1.807, 2.05) is 0 Å². The molecule has 35 heavy (non-hydrogen) atoms. The number of hydrogen-bond acceptors (Lipinski definition) is 4. The van der Waals surface area contributed by atoms with Crippen LogP contribution in [0.5, 0.6) is 17.2 Å². The quantitative estimate of drug-likeness (QED) is 0.323. The summed E-state index contributed by atoms with van der Waals surface area (Å²) < 4.78 is 53.8. The second-order valence-electron chi connectivity index (χ2n) is 7.80. The minimum absolute atomic E-state index is 0.151. The first-order valence-corrected chi connectivity index (χ1v) is 10.9. The number of aryl methyl sites for hydroxylation is 1. The molecule has 3 aromatic carbocycles. The maximum Gasteiger partial charge on any atom is 0.254 e. The fraction of sp³-hybridized carbons (Fsp3) is 0.148. The van der Waals surface area contributed by atoms with Crippen molar-refractivity contribution < 1.29 is 22.6 Å². The minimum atomic E-state index is -0.847. The summed E-state index contributed by atoms with van der Waals surface area (Å²) in [5, 5.41) is 3.27. The van der Waals surface area contributed by atoms with E-state index >= 15 is 0 Å². The fourth-order valence-corrected chi connectivity index (χ4v) is 3.51.